The Balaban J connectivity index is 2.94. The predicted octanol–water partition coefficient (Wildman–Crippen LogP) is 2.17. The minimum atomic E-state index is -0.223. The molecule has 0 saturated carbocycles. The van der Waals surface area contributed by atoms with Crippen molar-refractivity contribution in [2.24, 2.45) is 0 Å². The van der Waals surface area contributed by atoms with E-state index >= 15 is 0 Å². The van der Waals surface area contributed by atoms with E-state index in [2.05, 4.69) is 10.3 Å². The summed E-state index contributed by atoms with van der Waals surface area (Å²) < 4.78 is 14.1. The lowest BCUT2D eigenvalue weighted by Crippen LogP contribution is -2.28. The number of rotatable bonds is 5. The zero-order valence-corrected chi connectivity index (χ0v) is 10.4. The van der Waals surface area contributed by atoms with Gasteiger partial charge in [-0.2, -0.15) is 0 Å². The minimum absolute atomic E-state index is 0.223. The molecule has 0 aliphatic carbocycles. The molecule has 0 unspecified atom stereocenters. The molecule has 16 heavy (non-hydrogen) atoms. The standard InChI is InChI=1S/C12H20FN3/c1-5-14-8-10-6-7-15-12(11(10)13)16(4)9(2)3/h6-7,9,14H,5,8H2,1-4H3. The lowest BCUT2D eigenvalue weighted by molar-refractivity contribution is 0.576. The topological polar surface area (TPSA) is 28.2 Å². The van der Waals surface area contributed by atoms with E-state index in [1.54, 1.807) is 12.3 Å². The van der Waals surface area contributed by atoms with Gasteiger partial charge in [0, 0.05) is 31.4 Å². The van der Waals surface area contributed by atoms with Gasteiger partial charge >= 0.3 is 0 Å². The van der Waals surface area contributed by atoms with Gasteiger partial charge in [0.1, 0.15) is 0 Å². The van der Waals surface area contributed by atoms with E-state index in [-0.39, 0.29) is 11.9 Å². The summed E-state index contributed by atoms with van der Waals surface area (Å²) in [5.41, 5.74) is 0.666. The number of aromatic nitrogens is 1. The van der Waals surface area contributed by atoms with Gasteiger partial charge in [0.15, 0.2) is 11.6 Å². The van der Waals surface area contributed by atoms with Crippen molar-refractivity contribution in [3.8, 4) is 0 Å². The Morgan fingerprint density at radius 3 is 2.75 bits per heavy atom. The van der Waals surface area contributed by atoms with Crippen LogP contribution in [0.5, 0.6) is 0 Å². The smallest absolute Gasteiger partial charge is 0.170 e. The fraction of sp³-hybridized carbons (Fsp3) is 0.583. The number of nitrogens with one attached hydrogen (secondary N) is 1. The van der Waals surface area contributed by atoms with Crippen LogP contribution >= 0.6 is 0 Å². The molecular formula is C12H20FN3. The van der Waals surface area contributed by atoms with E-state index in [9.17, 15) is 4.39 Å². The molecule has 0 radical (unpaired) electrons. The Morgan fingerprint density at radius 1 is 1.50 bits per heavy atom. The number of pyridine rings is 1. The number of hydrogen-bond acceptors (Lipinski definition) is 3. The fourth-order valence-corrected chi connectivity index (χ4v) is 1.36. The Labute approximate surface area is 96.7 Å². The highest BCUT2D eigenvalue weighted by Gasteiger charge is 2.14. The quantitative estimate of drug-likeness (QED) is 0.832. The Kier molecular flexibility index (Phi) is 4.68. The molecular weight excluding hydrogens is 205 g/mol. The van der Waals surface area contributed by atoms with Gasteiger partial charge < -0.3 is 10.2 Å². The average molecular weight is 225 g/mol. The van der Waals surface area contributed by atoms with Crippen molar-refractivity contribution in [1.29, 1.82) is 0 Å². The van der Waals surface area contributed by atoms with Crippen molar-refractivity contribution in [3.05, 3.63) is 23.6 Å². The van der Waals surface area contributed by atoms with Crippen molar-refractivity contribution in [3.63, 3.8) is 0 Å². The Bertz CT molecular complexity index is 339. The van der Waals surface area contributed by atoms with Crippen LogP contribution in [-0.4, -0.2) is 24.6 Å². The molecule has 0 saturated heterocycles. The van der Waals surface area contributed by atoms with E-state index in [4.69, 9.17) is 0 Å². The molecule has 1 rings (SSSR count). The highest BCUT2D eigenvalue weighted by Crippen LogP contribution is 2.19. The lowest BCUT2D eigenvalue weighted by Gasteiger charge is -2.23. The van der Waals surface area contributed by atoms with Crippen LogP contribution in [0.15, 0.2) is 12.3 Å². The van der Waals surface area contributed by atoms with E-state index in [0.717, 1.165) is 6.54 Å². The molecule has 1 heterocycles. The summed E-state index contributed by atoms with van der Waals surface area (Å²) in [6.45, 7) is 7.40. The zero-order valence-electron chi connectivity index (χ0n) is 10.4. The zero-order chi connectivity index (χ0) is 12.1. The molecule has 1 aromatic heterocycles. The average Bonchev–Trinajstić information content (AvgIpc) is 2.26. The van der Waals surface area contributed by atoms with E-state index in [0.29, 0.717) is 17.9 Å². The third-order valence-electron chi connectivity index (χ3n) is 2.62. The second-order valence-electron chi connectivity index (χ2n) is 4.09. The van der Waals surface area contributed by atoms with Gasteiger partial charge in [0.05, 0.1) is 0 Å². The molecule has 0 atom stereocenters. The van der Waals surface area contributed by atoms with Crippen LogP contribution < -0.4 is 10.2 Å². The molecule has 0 fully saturated rings. The first kappa shape index (κ1) is 12.9. The van der Waals surface area contributed by atoms with Gasteiger partial charge in [0.2, 0.25) is 0 Å². The van der Waals surface area contributed by atoms with E-state index < -0.39 is 0 Å². The fourth-order valence-electron chi connectivity index (χ4n) is 1.36. The van der Waals surface area contributed by atoms with Crippen LogP contribution in [-0.2, 0) is 6.54 Å². The van der Waals surface area contributed by atoms with Gasteiger partial charge in [-0.1, -0.05) is 6.92 Å². The van der Waals surface area contributed by atoms with E-state index in [1.807, 2.05) is 32.7 Å². The number of halogens is 1. The van der Waals surface area contributed by atoms with Crippen LogP contribution in [0.3, 0.4) is 0 Å². The van der Waals surface area contributed by atoms with Gasteiger partial charge in [-0.25, -0.2) is 9.37 Å². The third kappa shape index (κ3) is 2.92. The van der Waals surface area contributed by atoms with Crippen molar-refractivity contribution in [2.45, 2.75) is 33.4 Å². The van der Waals surface area contributed by atoms with E-state index in [1.165, 1.54) is 0 Å². The second kappa shape index (κ2) is 5.80. The van der Waals surface area contributed by atoms with Crippen LogP contribution in [0, 0.1) is 5.82 Å². The monoisotopic (exact) mass is 225 g/mol. The van der Waals surface area contributed by atoms with Crippen LogP contribution in [0.4, 0.5) is 10.2 Å². The molecule has 4 heteroatoms. The van der Waals surface area contributed by atoms with Crippen LogP contribution in [0.25, 0.3) is 0 Å². The van der Waals surface area contributed by atoms with Gasteiger partial charge in [0.25, 0.3) is 0 Å². The van der Waals surface area contributed by atoms with Gasteiger partial charge in [-0.15, -0.1) is 0 Å². The molecule has 0 aliphatic rings. The number of nitrogens with zero attached hydrogens (tertiary/aromatic N) is 2. The Hall–Kier alpha value is -1.16. The highest BCUT2D eigenvalue weighted by atomic mass is 19.1. The first-order chi connectivity index (χ1) is 7.57. The molecule has 0 aliphatic heterocycles. The molecule has 0 amide bonds. The summed E-state index contributed by atoms with van der Waals surface area (Å²) in [5.74, 6) is 0.199. The molecule has 0 bridgehead atoms. The predicted molar refractivity (Wildman–Crippen MR) is 65.1 cm³/mol. The van der Waals surface area contributed by atoms with Crippen molar-refractivity contribution < 1.29 is 4.39 Å². The van der Waals surface area contributed by atoms with Gasteiger partial charge in [-0.05, 0) is 26.5 Å². The van der Waals surface area contributed by atoms with Gasteiger partial charge in [-0.3, -0.25) is 0 Å². The number of anilines is 1. The maximum absolute atomic E-state index is 14.1. The normalized spacial score (nSPS) is 10.9. The summed E-state index contributed by atoms with van der Waals surface area (Å²) in [4.78, 5) is 5.93. The first-order valence-electron chi connectivity index (χ1n) is 5.64. The molecule has 1 aromatic rings. The third-order valence-corrected chi connectivity index (χ3v) is 2.62. The molecule has 0 aromatic carbocycles. The van der Waals surface area contributed by atoms with Crippen molar-refractivity contribution >= 4 is 5.82 Å². The lowest BCUT2D eigenvalue weighted by atomic mass is 10.2. The first-order valence-corrected chi connectivity index (χ1v) is 5.64. The summed E-state index contributed by atoms with van der Waals surface area (Å²) in [6.07, 6.45) is 1.66. The number of hydrogen-bond donors (Lipinski definition) is 1. The maximum atomic E-state index is 14.1. The van der Waals surface area contributed by atoms with Crippen molar-refractivity contribution in [2.75, 3.05) is 18.5 Å². The summed E-state index contributed by atoms with van der Waals surface area (Å²) in [5, 5.41) is 3.11. The van der Waals surface area contributed by atoms with Crippen LogP contribution in [0.1, 0.15) is 26.3 Å². The van der Waals surface area contributed by atoms with Crippen molar-refractivity contribution in [1.82, 2.24) is 10.3 Å². The second-order valence-corrected chi connectivity index (χ2v) is 4.09. The Morgan fingerprint density at radius 2 is 2.19 bits per heavy atom. The minimum Gasteiger partial charge on any atom is -0.355 e. The maximum Gasteiger partial charge on any atom is 0.170 e. The molecule has 1 N–H and O–H groups in total. The SMILES string of the molecule is CCNCc1ccnc(N(C)C(C)C)c1F. The molecule has 90 valence electrons. The largest absolute Gasteiger partial charge is 0.355 e. The molecule has 0 spiro atoms. The summed E-state index contributed by atoms with van der Waals surface area (Å²) in [7, 11) is 1.85. The molecule has 3 nitrogen and oxygen atoms in total. The highest BCUT2D eigenvalue weighted by molar-refractivity contribution is 5.43. The summed E-state index contributed by atoms with van der Waals surface area (Å²) in [6, 6.07) is 1.95. The summed E-state index contributed by atoms with van der Waals surface area (Å²) >= 11 is 0. The van der Waals surface area contributed by atoms with Crippen LogP contribution in [0.2, 0.25) is 0 Å².